The number of carbonyl (C=O) groups excluding carboxylic acids is 1. The van der Waals surface area contributed by atoms with E-state index in [4.69, 9.17) is 14.6 Å². The van der Waals surface area contributed by atoms with Crippen LogP contribution in [0.25, 0.3) is 0 Å². The number of carbonyl (C=O) groups is 1. The van der Waals surface area contributed by atoms with E-state index >= 15 is 0 Å². The zero-order valence-corrected chi connectivity index (χ0v) is 20.3. The van der Waals surface area contributed by atoms with Crippen molar-refractivity contribution in [1.29, 1.82) is 0 Å². The molecule has 4 aromatic carbocycles. The standard InChI is InChI=1S/C31H29NO4/c1-2-21-35-26-16-12-23(13-17-26)31(24-14-18-27(19-15-24)36-22-20-33)29-11-7-6-10-28(29)30(34)32(31)25-8-4-3-5-9-25/h3-19,33H,2,20-22H2,1H3. The van der Waals surface area contributed by atoms with Gasteiger partial charge in [-0.05, 0) is 65.6 Å². The number of nitrogens with zero attached hydrogens (tertiary/aromatic N) is 1. The number of rotatable bonds is 9. The third-order valence-corrected chi connectivity index (χ3v) is 6.48. The number of para-hydroxylation sites is 1. The lowest BCUT2D eigenvalue weighted by Gasteiger charge is -2.40. The first kappa shape index (κ1) is 23.6. The number of aliphatic hydroxyl groups is 1. The van der Waals surface area contributed by atoms with Crippen LogP contribution in [0.3, 0.4) is 0 Å². The molecule has 0 radical (unpaired) electrons. The van der Waals surface area contributed by atoms with Crippen LogP contribution in [0.4, 0.5) is 5.69 Å². The lowest BCUT2D eigenvalue weighted by Crippen LogP contribution is -2.46. The fourth-order valence-electron chi connectivity index (χ4n) is 4.97. The molecule has 1 aliphatic rings. The average Bonchev–Trinajstić information content (AvgIpc) is 3.21. The first-order valence-electron chi connectivity index (χ1n) is 12.3. The largest absolute Gasteiger partial charge is 0.494 e. The smallest absolute Gasteiger partial charge is 0.260 e. The van der Waals surface area contributed by atoms with Crippen molar-refractivity contribution in [2.45, 2.75) is 18.9 Å². The van der Waals surface area contributed by atoms with Gasteiger partial charge in [0, 0.05) is 11.3 Å². The minimum absolute atomic E-state index is 0.0521. The second-order valence-electron chi connectivity index (χ2n) is 8.70. The Balaban J connectivity index is 1.75. The molecule has 1 N–H and O–H groups in total. The molecule has 0 saturated carbocycles. The van der Waals surface area contributed by atoms with Crippen molar-refractivity contribution >= 4 is 11.6 Å². The Bertz CT molecular complexity index is 1270. The highest BCUT2D eigenvalue weighted by Gasteiger charge is 2.52. The van der Waals surface area contributed by atoms with Crippen LogP contribution in [0.15, 0.2) is 103 Å². The molecule has 1 atom stereocenters. The maximum absolute atomic E-state index is 14.0. The highest BCUT2D eigenvalue weighted by molar-refractivity contribution is 6.13. The molecule has 0 saturated heterocycles. The molecule has 1 heterocycles. The van der Waals surface area contributed by atoms with E-state index in [9.17, 15) is 4.79 Å². The Morgan fingerprint density at radius 2 is 1.28 bits per heavy atom. The number of anilines is 1. The van der Waals surface area contributed by atoms with Gasteiger partial charge in [0.2, 0.25) is 0 Å². The third-order valence-electron chi connectivity index (χ3n) is 6.48. The van der Waals surface area contributed by atoms with Gasteiger partial charge in [0.15, 0.2) is 0 Å². The highest BCUT2D eigenvalue weighted by atomic mass is 16.5. The Kier molecular flexibility index (Phi) is 6.74. The second-order valence-corrected chi connectivity index (χ2v) is 8.70. The monoisotopic (exact) mass is 479 g/mol. The number of aliphatic hydroxyl groups excluding tert-OH is 1. The summed E-state index contributed by atoms with van der Waals surface area (Å²) in [5.41, 5.74) is 3.40. The molecule has 5 heteroatoms. The normalized spacial score (nSPS) is 16.6. The molecule has 1 unspecified atom stereocenters. The van der Waals surface area contributed by atoms with Crippen molar-refractivity contribution in [2.24, 2.45) is 0 Å². The number of benzene rings is 4. The predicted octanol–water partition coefficient (Wildman–Crippen LogP) is 5.80. The summed E-state index contributed by atoms with van der Waals surface area (Å²) >= 11 is 0. The minimum atomic E-state index is -0.895. The summed E-state index contributed by atoms with van der Waals surface area (Å²) < 4.78 is 11.5. The Labute approximate surface area is 211 Å². The van der Waals surface area contributed by atoms with E-state index < -0.39 is 5.54 Å². The van der Waals surface area contributed by atoms with Gasteiger partial charge in [-0.25, -0.2) is 0 Å². The van der Waals surface area contributed by atoms with E-state index in [2.05, 4.69) is 6.92 Å². The molecule has 1 amide bonds. The lowest BCUT2D eigenvalue weighted by atomic mass is 9.76. The SMILES string of the molecule is CCCOc1ccc(C2(c3ccc(OCCO)cc3)c3ccccc3C(=O)N2c2ccccc2)cc1. The van der Waals surface area contributed by atoms with Crippen LogP contribution in [0.5, 0.6) is 11.5 Å². The summed E-state index contributed by atoms with van der Waals surface area (Å²) in [6, 6.07) is 33.4. The van der Waals surface area contributed by atoms with Crippen LogP contribution in [0.1, 0.15) is 40.4 Å². The van der Waals surface area contributed by atoms with Gasteiger partial charge in [0.05, 0.1) is 13.2 Å². The average molecular weight is 480 g/mol. The van der Waals surface area contributed by atoms with Crippen LogP contribution >= 0.6 is 0 Å². The molecule has 36 heavy (non-hydrogen) atoms. The first-order chi connectivity index (χ1) is 17.7. The molecule has 0 fully saturated rings. The zero-order chi connectivity index (χ0) is 25.0. The van der Waals surface area contributed by atoms with Gasteiger partial charge in [0.1, 0.15) is 23.6 Å². The first-order valence-corrected chi connectivity index (χ1v) is 12.3. The van der Waals surface area contributed by atoms with E-state index in [1.165, 1.54) is 0 Å². The molecule has 4 aromatic rings. The van der Waals surface area contributed by atoms with Crippen molar-refractivity contribution in [3.05, 3.63) is 125 Å². The number of hydrogen-bond donors (Lipinski definition) is 1. The summed E-state index contributed by atoms with van der Waals surface area (Å²) in [5, 5.41) is 9.14. The van der Waals surface area contributed by atoms with E-state index in [0.717, 1.165) is 34.5 Å². The van der Waals surface area contributed by atoms with Gasteiger partial charge in [-0.2, -0.15) is 0 Å². The molecule has 0 aliphatic carbocycles. The van der Waals surface area contributed by atoms with Crippen LogP contribution in [0, 0.1) is 0 Å². The molecule has 182 valence electrons. The van der Waals surface area contributed by atoms with E-state index in [0.29, 0.717) is 17.9 Å². The van der Waals surface area contributed by atoms with Crippen LogP contribution in [0.2, 0.25) is 0 Å². The van der Waals surface area contributed by atoms with Crippen molar-refractivity contribution in [3.8, 4) is 11.5 Å². The maximum atomic E-state index is 14.0. The fraction of sp³-hybridized carbons (Fsp3) is 0.194. The van der Waals surface area contributed by atoms with E-state index in [1.807, 2.05) is 108 Å². The minimum Gasteiger partial charge on any atom is -0.494 e. The van der Waals surface area contributed by atoms with Crippen LogP contribution in [-0.2, 0) is 5.54 Å². The van der Waals surface area contributed by atoms with Gasteiger partial charge < -0.3 is 14.6 Å². The van der Waals surface area contributed by atoms with Crippen molar-refractivity contribution in [2.75, 3.05) is 24.7 Å². The number of ether oxygens (including phenoxy) is 2. The van der Waals surface area contributed by atoms with Crippen LogP contribution < -0.4 is 14.4 Å². The molecular formula is C31H29NO4. The Hall–Kier alpha value is -4.09. The predicted molar refractivity (Wildman–Crippen MR) is 141 cm³/mol. The Morgan fingerprint density at radius 3 is 1.86 bits per heavy atom. The van der Waals surface area contributed by atoms with Gasteiger partial charge in [-0.3, -0.25) is 9.69 Å². The fourth-order valence-corrected chi connectivity index (χ4v) is 4.97. The van der Waals surface area contributed by atoms with Crippen molar-refractivity contribution in [3.63, 3.8) is 0 Å². The van der Waals surface area contributed by atoms with Crippen molar-refractivity contribution < 1.29 is 19.4 Å². The molecule has 5 nitrogen and oxygen atoms in total. The van der Waals surface area contributed by atoms with E-state index in [-0.39, 0.29) is 19.1 Å². The van der Waals surface area contributed by atoms with E-state index in [1.54, 1.807) is 0 Å². The molecule has 5 rings (SSSR count). The summed E-state index contributed by atoms with van der Waals surface area (Å²) in [6.07, 6.45) is 0.931. The van der Waals surface area contributed by atoms with Gasteiger partial charge in [-0.15, -0.1) is 0 Å². The second kappa shape index (κ2) is 10.3. The maximum Gasteiger partial charge on any atom is 0.260 e. The van der Waals surface area contributed by atoms with Gasteiger partial charge in [-0.1, -0.05) is 67.6 Å². The molecule has 0 aromatic heterocycles. The van der Waals surface area contributed by atoms with Crippen molar-refractivity contribution in [1.82, 2.24) is 0 Å². The molecule has 0 bridgehead atoms. The number of fused-ring (bicyclic) bond motifs is 1. The lowest BCUT2D eigenvalue weighted by molar-refractivity contribution is 0.0986. The van der Waals surface area contributed by atoms with Gasteiger partial charge >= 0.3 is 0 Å². The quantitative estimate of drug-likeness (QED) is 0.330. The van der Waals surface area contributed by atoms with Gasteiger partial charge in [0.25, 0.3) is 5.91 Å². The topological polar surface area (TPSA) is 59.0 Å². The summed E-state index contributed by atoms with van der Waals surface area (Å²) in [5.74, 6) is 1.41. The molecule has 0 spiro atoms. The third kappa shape index (κ3) is 4.01. The molecular weight excluding hydrogens is 450 g/mol. The number of hydrogen-bond acceptors (Lipinski definition) is 4. The highest BCUT2D eigenvalue weighted by Crippen LogP contribution is 2.51. The Morgan fingerprint density at radius 1 is 0.722 bits per heavy atom. The summed E-state index contributed by atoms with van der Waals surface area (Å²) in [4.78, 5) is 15.9. The summed E-state index contributed by atoms with van der Waals surface area (Å²) in [7, 11) is 0. The van der Waals surface area contributed by atoms with Crippen LogP contribution in [-0.4, -0.2) is 30.8 Å². The molecule has 1 aliphatic heterocycles. The number of amides is 1. The summed E-state index contributed by atoms with van der Waals surface area (Å²) in [6.45, 7) is 2.90. The zero-order valence-electron chi connectivity index (χ0n) is 20.3.